The molecule has 146 valence electrons. The minimum Gasteiger partial charge on any atom is -0.478 e. The van der Waals surface area contributed by atoms with Gasteiger partial charge in [-0.1, -0.05) is 18.2 Å². The van der Waals surface area contributed by atoms with Gasteiger partial charge in [-0.15, -0.1) is 0 Å². The summed E-state index contributed by atoms with van der Waals surface area (Å²) >= 11 is 0. The van der Waals surface area contributed by atoms with Gasteiger partial charge >= 0.3 is 17.9 Å². The lowest BCUT2D eigenvalue weighted by Gasteiger charge is -2.33. The molecule has 0 saturated carbocycles. The first-order valence-electron chi connectivity index (χ1n) is 9.52. The number of benzene rings is 3. The average molecular weight is 398 g/mol. The van der Waals surface area contributed by atoms with E-state index in [9.17, 15) is 29.7 Å². The van der Waals surface area contributed by atoms with E-state index in [2.05, 4.69) is 0 Å². The minimum atomic E-state index is -1.03. The Hall–Kier alpha value is -3.93. The van der Waals surface area contributed by atoms with Crippen molar-refractivity contribution in [2.24, 2.45) is 0 Å². The fourth-order valence-corrected chi connectivity index (χ4v) is 5.52. The van der Waals surface area contributed by atoms with Crippen LogP contribution in [0.5, 0.6) is 0 Å². The van der Waals surface area contributed by atoms with Crippen LogP contribution < -0.4 is 0 Å². The Bertz CT molecular complexity index is 1280. The Morgan fingerprint density at radius 2 is 1.10 bits per heavy atom. The van der Waals surface area contributed by atoms with Crippen LogP contribution in [-0.4, -0.2) is 33.2 Å². The highest BCUT2D eigenvalue weighted by atomic mass is 16.4. The number of hydrogen-bond donors (Lipinski definition) is 3. The van der Waals surface area contributed by atoms with E-state index < -0.39 is 17.9 Å². The third-order valence-corrected chi connectivity index (χ3v) is 6.69. The molecule has 1 unspecified atom stereocenters. The van der Waals surface area contributed by atoms with Gasteiger partial charge in [-0.3, -0.25) is 0 Å². The van der Waals surface area contributed by atoms with E-state index in [1.165, 1.54) is 0 Å². The van der Waals surface area contributed by atoms with E-state index in [0.29, 0.717) is 0 Å². The van der Waals surface area contributed by atoms with Crippen molar-refractivity contribution in [1.29, 1.82) is 0 Å². The fourth-order valence-electron chi connectivity index (χ4n) is 5.52. The summed E-state index contributed by atoms with van der Waals surface area (Å²) in [4.78, 5) is 35.0. The second kappa shape index (κ2) is 5.36. The molecule has 0 spiro atoms. The van der Waals surface area contributed by atoms with Crippen LogP contribution >= 0.6 is 0 Å². The molecule has 3 aromatic carbocycles. The molecule has 3 N–H and O–H groups in total. The Morgan fingerprint density at radius 3 is 1.60 bits per heavy atom. The van der Waals surface area contributed by atoms with Crippen molar-refractivity contribution in [2.45, 2.75) is 17.8 Å². The predicted octanol–water partition coefficient (Wildman–Crippen LogP) is 3.87. The molecule has 4 aliphatic carbocycles. The molecule has 0 fully saturated rings. The molecule has 6 nitrogen and oxygen atoms in total. The lowest BCUT2D eigenvalue weighted by molar-refractivity contribution is 0.0686. The average Bonchev–Trinajstić information content (AvgIpc) is 3.48. The van der Waals surface area contributed by atoms with E-state index in [-0.39, 0.29) is 34.4 Å². The van der Waals surface area contributed by atoms with Crippen molar-refractivity contribution in [1.82, 2.24) is 0 Å². The Morgan fingerprint density at radius 1 is 0.567 bits per heavy atom. The van der Waals surface area contributed by atoms with E-state index in [0.717, 1.165) is 38.9 Å². The van der Waals surface area contributed by atoms with Gasteiger partial charge in [-0.2, -0.15) is 0 Å². The molecule has 7 rings (SSSR count). The molecule has 4 aliphatic rings. The summed E-state index contributed by atoms with van der Waals surface area (Å²) in [6, 6.07) is 13.7. The Balaban J connectivity index is 1.69. The van der Waals surface area contributed by atoms with E-state index in [4.69, 9.17) is 0 Å². The maximum atomic E-state index is 11.8. The van der Waals surface area contributed by atoms with E-state index in [1.54, 1.807) is 30.3 Å². The third kappa shape index (κ3) is 1.95. The van der Waals surface area contributed by atoms with Gasteiger partial charge in [0.15, 0.2) is 0 Å². The van der Waals surface area contributed by atoms with Crippen molar-refractivity contribution >= 4 is 17.9 Å². The van der Waals surface area contributed by atoms with Gasteiger partial charge in [0, 0.05) is 17.8 Å². The zero-order valence-corrected chi connectivity index (χ0v) is 15.4. The van der Waals surface area contributed by atoms with Crippen LogP contribution in [0, 0.1) is 0 Å². The molecule has 0 aromatic heterocycles. The van der Waals surface area contributed by atoms with Gasteiger partial charge in [0.25, 0.3) is 0 Å². The number of carbonyl (C=O) groups is 3. The van der Waals surface area contributed by atoms with Crippen molar-refractivity contribution in [3.63, 3.8) is 0 Å². The number of aromatic carboxylic acids is 3. The standard InChI is InChI=1S/C24H14O6/c25-22(26)9-1-3-11-15(7-9)18-16-8-10(23(27)28)2-4-12(16)17(11)13-5-6-14(24(29)30)20-19(13)21(18)20/h1-8,17-18,21H,(H,25,26)(H,27,28)(H,29,30). The van der Waals surface area contributed by atoms with Crippen LogP contribution in [0.25, 0.3) is 0 Å². The number of carboxylic acid groups (broad SMARTS) is 3. The first kappa shape index (κ1) is 17.0. The quantitative estimate of drug-likeness (QED) is 0.618. The molecule has 6 heteroatoms. The lowest BCUT2D eigenvalue weighted by Crippen LogP contribution is -2.20. The molecule has 1 atom stereocenters. The SMILES string of the molecule is O=C(O)c1ccc2c(c1)C1c3cc(C(=O)O)ccc3C2c2ccc(C(=O)O)c3c2C31. The highest BCUT2D eigenvalue weighted by Crippen LogP contribution is 2.67. The van der Waals surface area contributed by atoms with E-state index in [1.807, 2.05) is 18.2 Å². The third-order valence-electron chi connectivity index (χ3n) is 6.69. The summed E-state index contributed by atoms with van der Waals surface area (Å²) in [7, 11) is 0. The van der Waals surface area contributed by atoms with Crippen molar-refractivity contribution < 1.29 is 29.7 Å². The maximum absolute atomic E-state index is 11.8. The summed E-state index contributed by atoms with van der Waals surface area (Å²) in [5.74, 6) is -3.72. The molecule has 30 heavy (non-hydrogen) atoms. The largest absolute Gasteiger partial charge is 0.478 e. The summed E-state index contributed by atoms with van der Waals surface area (Å²) in [6.45, 7) is 0. The zero-order chi connectivity index (χ0) is 20.9. The highest BCUT2D eigenvalue weighted by molar-refractivity contribution is 5.95. The molecule has 0 heterocycles. The van der Waals surface area contributed by atoms with Crippen molar-refractivity contribution in [2.75, 3.05) is 0 Å². The molecule has 0 radical (unpaired) electrons. The Kier molecular flexibility index (Phi) is 3.03. The lowest BCUT2D eigenvalue weighted by atomic mass is 9.69. The molecular formula is C24H14O6. The van der Waals surface area contributed by atoms with Crippen LogP contribution in [0.4, 0.5) is 0 Å². The molecule has 0 saturated heterocycles. The number of rotatable bonds is 3. The summed E-state index contributed by atoms with van der Waals surface area (Å²) in [5.41, 5.74) is 7.07. The normalized spacial score (nSPS) is 21.1. The Labute approximate surface area is 170 Å². The van der Waals surface area contributed by atoms with Crippen LogP contribution in [0.3, 0.4) is 0 Å². The maximum Gasteiger partial charge on any atom is 0.335 e. The summed E-state index contributed by atoms with van der Waals surface area (Å²) < 4.78 is 0. The summed E-state index contributed by atoms with van der Waals surface area (Å²) in [5, 5.41) is 28.6. The summed E-state index contributed by atoms with van der Waals surface area (Å²) in [6.07, 6.45) is 0. The first-order chi connectivity index (χ1) is 14.4. The van der Waals surface area contributed by atoms with Crippen LogP contribution in [0.1, 0.15) is 87.8 Å². The number of hydrogen-bond acceptors (Lipinski definition) is 3. The smallest absolute Gasteiger partial charge is 0.335 e. The molecule has 2 bridgehead atoms. The molecule has 3 aromatic rings. The monoisotopic (exact) mass is 398 g/mol. The highest BCUT2D eigenvalue weighted by Gasteiger charge is 2.54. The van der Waals surface area contributed by atoms with Gasteiger partial charge in [0.05, 0.1) is 16.7 Å². The topological polar surface area (TPSA) is 112 Å². The first-order valence-corrected chi connectivity index (χ1v) is 9.52. The van der Waals surface area contributed by atoms with Crippen LogP contribution in [0.2, 0.25) is 0 Å². The van der Waals surface area contributed by atoms with Crippen LogP contribution in [0.15, 0.2) is 48.5 Å². The zero-order valence-electron chi connectivity index (χ0n) is 15.4. The van der Waals surface area contributed by atoms with Gasteiger partial charge in [-0.05, 0) is 69.3 Å². The van der Waals surface area contributed by atoms with Crippen molar-refractivity contribution in [3.05, 3.63) is 104 Å². The van der Waals surface area contributed by atoms with Gasteiger partial charge in [-0.25, -0.2) is 14.4 Å². The molecular weight excluding hydrogens is 384 g/mol. The molecule has 0 aliphatic heterocycles. The van der Waals surface area contributed by atoms with Gasteiger partial charge < -0.3 is 15.3 Å². The van der Waals surface area contributed by atoms with Crippen molar-refractivity contribution in [3.8, 4) is 0 Å². The fraction of sp³-hybridized carbons (Fsp3) is 0.125. The minimum absolute atomic E-state index is 0.164. The molecule has 0 amide bonds. The second-order valence-corrected chi connectivity index (χ2v) is 8.02. The van der Waals surface area contributed by atoms with Gasteiger partial charge in [0.2, 0.25) is 0 Å². The van der Waals surface area contributed by atoms with Gasteiger partial charge in [0.1, 0.15) is 0 Å². The predicted molar refractivity (Wildman–Crippen MR) is 105 cm³/mol. The van der Waals surface area contributed by atoms with E-state index >= 15 is 0 Å². The second-order valence-electron chi connectivity index (χ2n) is 8.02. The van der Waals surface area contributed by atoms with Crippen LogP contribution in [-0.2, 0) is 0 Å². The number of carboxylic acids is 3.